The van der Waals surface area contributed by atoms with E-state index in [1.165, 1.54) is 6.07 Å². The van der Waals surface area contributed by atoms with Crippen molar-refractivity contribution in [2.75, 3.05) is 26.8 Å². The number of benzene rings is 1. The van der Waals surface area contributed by atoms with Gasteiger partial charge in [0.05, 0.1) is 18.6 Å². The molecule has 0 atom stereocenters. The Bertz CT molecular complexity index is 569. The maximum absolute atomic E-state index is 13.7. The molecular formula is C17H23FN2O3. The number of rotatable bonds is 5. The van der Waals surface area contributed by atoms with E-state index < -0.39 is 11.7 Å². The predicted octanol–water partition coefficient (Wildman–Crippen LogP) is 1.89. The summed E-state index contributed by atoms with van der Waals surface area (Å²) in [4.78, 5) is 25.9. The second-order valence-electron chi connectivity index (χ2n) is 5.85. The smallest absolute Gasteiger partial charge is 0.254 e. The summed E-state index contributed by atoms with van der Waals surface area (Å²) in [5.41, 5.74) is 0.915. The predicted molar refractivity (Wildman–Crippen MR) is 84.7 cm³/mol. The first-order valence-electron chi connectivity index (χ1n) is 7.85. The quantitative estimate of drug-likeness (QED) is 0.901. The third-order valence-corrected chi connectivity index (χ3v) is 4.07. The zero-order chi connectivity index (χ0) is 16.8. The lowest BCUT2D eigenvalue weighted by molar-refractivity contribution is -0.133. The van der Waals surface area contributed by atoms with E-state index in [1.807, 2.05) is 6.92 Å². The Morgan fingerprint density at radius 3 is 2.70 bits per heavy atom. The molecule has 1 aromatic rings. The summed E-state index contributed by atoms with van der Waals surface area (Å²) >= 11 is 0. The number of amides is 2. The van der Waals surface area contributed by atoms with E-state index in [0.717, 1.165) is 5.56 Å². The number of nitrogens with zero attached hydrogens (tertiary/aromatic N) is 1. The molecule has 5 nitrogen and oxygen atoms in total. The zero-order valence-electron chi connectivity index (χ0n) is 13.6. The van der Waals surface area contributed by atoms with Gasteiger partial charge in [-0.3, -0.25) is 9.59 Å². The second kappa shape index (κ2) is 8.06. The second-order valence-corrected chi connectivity index (χ2v) is 5.85. The van der Waals surface area contributed by atoms with Crippen molar-refractivity contribution in [2.24, 2.45) is 0 Å². The molecular weight excluding hydrogens is 299 g/mol. The van der Waals surface area contributed by atoms with Gasteiger partial charge in [0.2, 0.25) is 5.91 Å². The standard InChI is InChI=1S/C17H23FN2O3/c1-12-3-4-15(18)14(11-12)17(22)19-13-5-8-20(9-6-13)16(21)7-10-23-2/h3-4,11,13H,5-10H2,1-2H3,(H,19,22). The van der Waals surface area contributed by atoms with Crippen molar-refractivity contribution < 1.29 is 18.7 Å². The van der Waals surface area contributed by atoms with Gasteiger partial charge in [-0.25, -0.2) is 4.39 Å². The minimum absolute atomic E-state index is 0.0334. The molecule has 0 aromatic heterocycles. The number of likely N-dealkylation sites (tertiary alicyclic amines) is 1. The summed E-state index contributed by atoms with van der Waals surface area (Å²) in [5.74, 6) is -0.836. The minimum atomic E-state index is -0.514. The molecule has 1 fully saturated rings. The van der Waals surface area contributed by atoms with Crippen LogP contribution in [0.3, 0.4) is 0 Å². The molecule has 2 rings (SSSR count). The fourth-order valence-electron chi connectivity index (χ4n) is 2.70. The van der Waals surface area contributed by atoms with E-state index in [2.05, 4.69) is 5.32 Å². The first-order valence-corrected chi connectivity index (χ1v) is 7.85. The lowest BCUT2D eigenvalue weighted by Crippen LogP contribution is -2.46. The van der Waals surface area contributed by atoms with Gasteiger partial charge in [-0.2, -0.15) is 0 Å². The van der Waals surface area contributed by atoms with Gasteiger partial charge in [0, 0.05) is 26.2 Å². The highest BCUT2D eigenvalue weighted by molar-refractivity contribution is 5.94. The van der Waals surface area contributed by atoms with Crippen LogP contribution in [-0.4, -0.2) is 49.6 Å². The maximum atomic E-state index is 13.7. The molecule has 2 amide bonds. The highest BCUT2D eigenvalue weighted by Crippen LogP contribution is 2.14. The van der Waals surface area contributed by atoms with Crippen LogP contribution in [0.1, 0.15) is 35.2 Å². The van der Waals surface area contributed by atoms with Gasteiger partial charge in [-0.05, 0) is 31.9 Å². The van der Waals surface area contributed by atoms with Crippen LogP contribution in [0.25, 0.3) is 0 Å². The van der Waals surface area contributed by atoms with Gasteiger partial charge in [0.25, 0.3) is 5.91 Å². The molecule has 1 N–H and O–H groups in total. The van der Waals surface area contributed by atoms with E-state index in [-0.39, 0.29) is 17.5 Å². The minimum Gasteiger partial charge on any atom is -0.384 e. The maximum Gasteiger partial charge on any atom is 0.254 e. The van der Waals surface area contributed by atoms with E-state index in [4.69, 9.17) is 4.74 Å². The highest BCUT2D eigenvalue weighted by Gasteiger charge is 2.24. The first kappa shape index (κ1) is 17.4. The average Bonchev–Trinajstić information content (AvgIpc) is 2.55. The van der Waals surface area contributed by atoms with Crippen LogP contribution < -0.4 is 5.32 Å². The van der Waals surface area contributed by atoms with Crippen LogP contribution in [0.2, 0.25) is 0 Å². The third kappa shape index (κ3) is 4.76. The number of aryl methyl sites for hydroxylation is 1. The summed E-state index contributed by atoms with van der Waals surface area (Å²) < 4.78 is 18.6. The number of methoxy groups -OCH3 is 1. The number of piperidine rings is 1. The molecule has 0 aliphatic carbocycles. The fourth-order valence-corrected chi connectivity index (χ4v) is 2.70. The van der Waals surface area contributed by atoms with Crippen LogP contribution in [0.5, 0.6) is 0 Å². The number of carbonyl (C=O) groups is 2. The molecule has 1 aliphatic heterocycles. The number of nitrogens with one attached hydrogen (secondary N) is 1. The number of ether oxygens (including phenoxy) is 1. The molecule has 0 unspecified atom stereocenters. The van der Waals surface area contributed by atoms with Crippen molar-refractivity contribution >= 4 is 11.8 Å². The molecule has 0 saturated carbocycles. The molecule has 1 saturated heterocycles. The van der Waals surface area contributed by atoms with Gasteiger partial charge in [0.15, 0.2) is 0 Å². The number of carbonyl (C=O) groups excluding carboxylic acids is 2. The number of hydrogen-bond acceptors (Lipinski definition) is 3. The normalized spacial score (nSPS) is 15.5. The van der Waals surface area contributed by atoms with Gasteiger partial charge >= 0.3 is 0 Å². The Balaban J connectivity index is 1.85. The van der Waals surface area contributed by atoms with Crippen molar-refractivity contribution in [3.05, 3.63) is 35.1 Å². The summed E-state index contributed by atoms with van der Waals surface area (Å²) in [6, 6.07) is 4.46. The summed E-state index contributed by atoms with van der Waals surface area (Å²) in [6.07, 6.45) is 1.73. The Hall–Kier alpha value is -1.95. The molecule has 0 bridgehead atoms. The summed E-state index contributed by atoms with van der Waals surface area (Å²) in [5, 5.41) is 2.86. The monoisotopic (exact) mass is 322 g/mol. The van der Waals surface area contributed by atoms with Gasteiger partial charge in [-0.15, -0.1) is 0 Å². The van der Waals surface area contributed by atoms with Crippen LogP contribution in [0.15, 0.2) is 18.2 Å². The van der Waals surface area contributed by atoms with E-state index >= 15 is 0 Å². The van der Waals surface area contributed by atoms with Crippen LogP contribution in [-0.2, 0) is 9.53 Å². The average molecular weight is 322 g/mol. The Kier molecular flexibility index (Phi) is 6.10. The van der Waals surface area contributed by atoms with Crippen molar-refractivity contribution in [1.29, 1.82) is 0 Å². The number of halogens is 1. The Morgan fingerprint density at radius 1 is 1.35 bits per heavy atom. The molecule has 126 valence electrons. The van der Waals surface area contributed by atoms with Gasteiger partial charge in [-0.1, -0.05) is 11.6 Å². The van der Waals surface area contributed by atoms with Crippen molar-refractivity contribution in [1.82, 2.24) is 10.2 Å². The van der Waals surface area contributed by atoms with Crippen molar-refractivity contribution in [3.63, 3.8) is 0 Å². The lowest BCUT2D eigenvalue weighted by atomic mass is 10.0. The van der Waals surface area contributed by atoms with Crippen molar-refractivity contribution in [3.8, 4) is 0 Å². The SMILES string of the molecule is COCCC(=O)N1CCC(NC(=O)c2cc(C)ccc2F)CC1. The fraction of sp³-hybridized carbons (Fsp3) is 0.529. The highest BCUT2D eigenvalue weighted by atomic mass is 19.1. The van der Waals surface area contributed by atoms with E-state index in [9.17, 15) is 14.0 Å². The topological polar surface area (TPSA) is 58.6 Å². The van der Waals surface area contributed by atoms with Crippen LogP contribution in [0, 0.1) is 12.7 Å². The van der Waals surface area contributed by atoms with Gasteiger partial charge < -0.3 is 15.0 Å². The Morgan fingerprint density at radius 2 is 2.04 bits per heavy atom. The molecule has 6 heteroatoms. The third-order valence-electron chi connectivity index (χ3n) is 4.07. The van der Waals surface area contributed by atoms with Crippen LogP contribution in [0.4, 0.5) is 4.39 Å². The van der Waals surface area contributed by atoms with Gasteiger partial charge in [0.1, 0.15) is 5.82 Å². The molecule has 23 heavy (non-hydrogen) atoms. The molecule has 1 aliphatic rings. The zero-order valence-corrected chi connectivity index (χ0v) is 13.6. The lowest BCUT2D eigenvalue weighted by Gasteiger charge is -2.32. The largest absolute Gasteiger partial charge is 0.384 e. The molecule has 1 heterocycles. The summed E-state index contributed by atoms with van der Waals surface area (Å²) in [6.45, 7) is 3.44. The molecule has 0 spiro atoms. The summed E-state index contributed by atoms with van der Waals surface area (Å²) in [7, 11) is 1.57. The molecule has 1 aromatic carbocycles. The number of hydrogen-bond donors (Lipinski definition) is 1. The van der Waals surface area contributed by atoms with Crippen LogP contribution >= 0.6 is 0 Å². The Labute approximate surface area is 135 Å². The first-order chi connectivity index (χ1) is 11.0. The van der Waals surface area contributed by atoms with Crippen molar-refractivity contribution in [2.45, 2.75) is 32.2 Å². The van der Waals surface area contributed by atoms with E-state index in [0.29, 0.717) is 39.0 Å². The molecule has 0 radical (unpaired) electrons. The van der Waals surface area contributed by atoms with E-state index in [1.54, 1.807) is 24.1 Å².